The fourth-order valence-corrected chi connectivity index (χ4v) is 2.52. The zero-order valence-corrected chi connectivity index (χ0v) is 15.5. The molecule has 0 bridgehead atoms. The third-order valence-corrected chi connectivity index (χ3v) is 3.74. The minimum absolute atomic E-state index is 0. The first kappa shape index (κ1) is 20.8. The average molecular weight is 316 g/mol. The molecule has 1 aliphatic heterocycles. The summed E-state index contributed by atoms with van der Waals surface area (Å²) in [5.74, 6) is -1.20. The van der Waals surface area contributed by atoms with E-state index in [1.165, 1.54) is 0 Å². The van der Waals surface area contributed by atoms with Crippen molar-refractivity contribution in [1.82, 2.24) is 15.3 Å². The van der Waals surface area contributed by atoms with Gasteiger partial charge in [0.25, 0.3) is 5.91 Å². The summed E-state index contributed by atoms with van der Waals surface area (Å²) in [6.07, 6.45) is 7.10. The van der Waals surface area contributed by atoms with Crippen LogP contribution in [0.4, 0.5) is 0 Å². The number of carbonyl (C=O) groups is 2. The van der Waals surface area contributed by atoms with Crippen molar-refractivity contribution in [2.75, 3.05) is 0 Å². The van der Waals surface area contributed by atoms with E-state index in [2.05, 4.69) is 20.3 Å². The van der Waals surface area contributed by atoms with Crippen molar-refractivity contribution < 1.29 is 44.3 Å². The van der Waals surface area contributed by atoms with Crippen LogP contribution in [0, 0.1) is 11.3 Å². The van der Waals surface area contributed by atoms with Gasteiger partial charge in [-0.25, -0.2) is 9.98 Å². The SMILES string of the molecule is CCCC(C)C1(CC)C(=O)N=C([O-])NC1=O.[Na+].c1c[nH]cn1. The van der Waals surface area contributed by atoms with E-state index in [1.807, 2.05) is 13.8 Å². The number of amidine groups is 1. The Morgan fingerprint density at radius 3 is 2.41 bits per heavy atom. The van der Waals surface area contributed by atoms with Gasteiger partial charge in [0.15, 0.2) is 0 Å². The number of hydrogen-bond donors (Lipinski definition) is 2. The zero-order chi connectivity index (χ0) is 15.9. The number of hydrogen-bond acceptors (Lipinski definition) is 4. The van der Waals surface area contributed by atoms with Crippen molar-refractivity contribution in [3.63, 3.8) is 0 Å². The number of nitrogens with zero attached hydrogens (tertiary/aromatic N) is 2. The van der Waals surface area contributed by atoms with Gasteiger partial charge in [-0.05, 0) is 18.8 Å². The van der Waals surface area contributed by atoms with Crippen molar-refractivity contribution >= 4 is 17.8 Å². The van der Waals surface area contributed by atoms with Crippen LogP contribution in [0.25, 0.3) is 0 Å². The van der Waals surface area contributed by atoms with E-state index in [0.717, 1.165) is 12.8 Å². The van der Waals surface area contributed by atoms with Crippen molar-refractivity contribution in [1.29, 1.82) is 0 Å². The number of rotatable bonds is 4. The average Bonchev–Trinajstić information content (AvgIpc) is 2.98. The van der Waals surface area contributed by atoms with Crippen LogP contribution in [0.15, 0.2) is 23.7 Å². The summed E-state index contributed by atoms with van der Waals surface area (Å²) in [5, 5.41) is 13.1. The Morgan fingerprint density at radius 1 is 1.36 bits per heavy atom. The van der Waals surface area contributed by atoms with E-state index in [0.29, 0.717) is 6.42 Å². The first-order valence-electron chi connectivity index (χ1n) is 7.03. The Kier molecular flexibility index (Phi) is 9.24. The Hall–Kier alpha value is -1.18. The minimum atomic E-state index is -1.15. The molecule has 1 aromatic rings. The predicted molar refractivity (Wildman–Crippen MR) is 76.0 cm³/mol. The number of carbonyl (C=O) groups excluding carboxylic acids is 2. The van der Waals surface area contributed by atoms with E-state index in [9.17, 15) is 14.7 Å². The molecule has 2 heterocycles. The molecule has 1 aromatic heterocycles. The van der Waals surface area contributed by atoms with Gasteiger partial charge in [0, 0.05) is 12.4 Å². The molecule has 0 spiro atoms. The second kappa shape index (κ2) is 9.76. The van der Waals surface area contributed by atoms with Crippen LogP contribution in [0.5, 0.6) is 0 Å². The molecule has 0 aromatic carbocycles. The number of amides is 2. The fraction of sp³-hybridized carbons (Fsp3) is 0.571. The molecule has 0 saturated carbocycles. The third kappa shape index (κ3) is 4.66. The van der Waals surface area contributed by atoms with E-state index < -0.39 is 23.3 Å². The third-order valence-electron chi connectivity index (χ3n) is 3.74. The standard InChI is InChI=1S/C11H18N2O3.C3H4N2.Na/c1-4-6-7(3)11(5-2)8(14)12-10(16)13-9(11)15;1-2-5-3-4-1;/h7H,4-6H2,1-3H3,(H2,12,13,14,15,16);1-3H,(H,4,5);/q;;+1/p-1. The predicted octanol–water partition coefficient (Wildman–Crippen LogP) is -2.39. The molecule has 22 heavy (non-hydrogen) atoms. The van der Waals surface area contributed by atoms with E-state index in [1.54, 1.807) is 25.6 Å². The van der Waals surface area contributed by atoms with Gasteiger partial charge in [-0.1, -0.05) is 27.2 Å². The van der Waals surface area contributed by atoms with Crippen LogP contribution in [0.2, 0.25) is 0 Å². The number of aromatic nitrogens is 2. The molecule has 2 amide bonds. The second-order valence-corrected chi connectivity index (χ2v) is 4.95. The number of imidazole rings is 1. The van der Waals surface area contributed by atoms with Gasteiger partial charge >= 0.3 is 29.6 Å². The topological polar surface area (TPSA) is 110 Å². The molecule has 1 aliphatic rings. The van der Waals surface area contributed by atoms with Gasteiger partial charge < -0.3 is 15.4 Å². The van der Waals surface area contributed by atoms with Gasteiger partial charge in [-0.2, -0.15) is 0 Å². The Labute approximate surface area is 152 Å². The number of H-pyrrole nitrogens is 1. The monoisotopic (exact) mass is 316 g/mol. The van der Waals surface area contributed by atoms with Crippen molar-refractivity contribution in [3.05, 3.63) is 18.7 Å². The van der Waals surface area contributed by atoms with Crippen LogP contribution >= 0.6 is 0 Å². The van der Waals surface area contributed by atoms with Crippen molar-refractivity contribution in [3.8, 4) is 0 Å². The molecule has 0 radical (unpaired) electrons. The van der Waals surface area contributed by atoms with Gasteiger partial charge in [-0.15, -0.1) is 0 Å². The molecular formula is C14H21N4NaO3. The summed E-state index contributed by atoms with van der Waals surface area (Å²) >= 11 is 0. The fourth-order valence-electron chi connectivity index (χ4n) is 2.52. The summed E-state index contributed by atoms with van der Waals surface area (Å²) in [5.41, 5.74) is -1.15. The largest absolute Gasteiger partial charge is 1.00 e. The molecule has 0 saturated heterocycles. The Bertz CT molecular complexity index is 487. The van der Waals surface area contributed by atoms with Crippen LogP contribution in [0.1, 0.15) is 40.0 Å². The molecular weight excluding hydrogens is 295 g/mol. The molecule has 2 N–H and O–H groups in total. The van der Waals surface area contributed by atoms with Crippen molar-refractivity contribution in [2.45, 2.75) is 40.0 Å². The number of nitrogens with one attached hydrogen (secondary N) is 2. The molecule has 8 heteroatoms. The maximum absolute atomic E-state index is 11.9. The molecule has 116 valence electrons. The van der Waals surface area contributed by atoms with E-state index in [-0.39, 0.29) is 35.5 Å². The quantitative estimate of drug-likeness (QED) is 0.477. The summed E-state index contributed by atoms with van der Waals surface area (Å²) in [4.78, 5) is 33.5. The maximum atomic E-state index is 11.9. The van der Waals surface area contributed by atoms with Crippen LogP contribution < -0.4 is 40.0 Å². The molecule has 2 unspecified atom stereocenters. The molecule has 2 atom stereocenters. The Morgan fingerprint density at radius 2 is 2.05 bits per heavy atom. The van der Waals surface area contributed by atoms with E-state index >= 15 is 0 Å². The molecule has 0 aliphatic carbocycles. The summed E-state index contributed by atoms with van der Waals surface area (Å²) in [7, 11) is 0. The van der Waals surface area contributed by atoms with Crippen LogP contribution in [-0.4, -0.2) is 27.8 Å². The van der Waals surface area contributed by atoms with Gasteiger partial charge in [0.05, 0.1) is 12.3 Å². The summed E-state index contributed by atoms with van der Waals surface area (Å²) in [6.45, 7) is 5.62. The van der Waals surface area contributed by atoms with Crippen LogP contribution in [0.3, 0.4) is 0 Å². The van der Waals surface area contributed by atoms with Gasteiger partial charge in [-0.3, -0.25) is 9.59 Å². The second-order valence-electron chi connectivity index (χ2n) is 4.95. The van der Waals surface area contributed by atoms with Gasteiger partial charge in [0.2, 0.25) is 5.91 Å². The smallest absolute Gasteiger partial charge is 0.846 e. The first-order valence-corrected chi connectivity index (χ1v) is 7.03. The van der Waals surface area contributed by atoms with Gasteiger partial charge in [0.1, 0.15) is 5.41 Å². The Balaban J connectivity index is 0.000000622. The van der Waals surface area contributed by atoms with E-state index in [4.69, 9.17) is 0 Å². The molecule has 7 nitrogen and oxygen atoms in total. The summed E-state index contributed by atoms with van der Waals surface area (Å²) < 4.78 is 0. The zero-order valence-electron chi connectivity index (χ0n) is 13.5. The normalized spacial score (nSPS) is 21.7. The number of aromatic amines is 1. The van der Waals surface area contributed by atoms with Crippen LogP contribution in [-0.2, 0) is 9.59 Å². The summed E-state index contributed by atoms with van der Waals surface area (Å²) in [6, 6.07) is -0.845. The maximum Gasteiger partial charge on any atom is 1.00 e. The van der Waals surface area contributed by atoms with Crippen molar-refractivity contribution in [2.24, 2.45) is 16.3 Å². The number of aliphatic imine (C=N–C) groups is 1. The molecule has 2 rings (SSSR count). The first-order chi connectivity index (χ1) is 9.98. The molecule has 0 fully saturated rings. The minimum Gasteiger partial charge on any atom is -0.846 e.